The van der Waals surface area contributed by atoms with Crippen LogP contribution >= 0.6 is 12.4 Å². The molecule has 0 heterocycles. The number of nitrogens with two attached hydrogens (primary N) is 1. The highest BCUT2D eigenvalue weighted by Crippen LogP contribution is 2.18. The largest absolute Gasteiger partial charge is 0.497 e. The fraction of sp³-hybridized carbons (Fsp3) is 0.316. The summed E-state index contributed by atoms with van der Waals surface area (Å²) in [6.07, 6.45) is 0.657. The molecule has 0 aliphatic heterocycles. The van der Waals surface area contributed by atoms with E-state index < -0.39 is 15.8 Å². The number of anilines is 1. The van der Waals surface area contributed by atoms with Crippen molar-refractivity contribution in [2.75, 3.05) is 25.1 Å². The Morgan fingerprint density at radius 1 is 1.11 bits per heavy atom. The highest BCUT2D eigenvalue weighted by molar-refractivity contribution is 7.91. The Morgan fingerprint density at radius 3 is 2.26 bits per heavy atom. The number of carbonyl (C=O) groups excluding carboxylic acids is 1. The Kier molecular flexibility index (Phi) is 8.59. The van der Waals surface area contributed by atoms with E-state index in [9.17, 15) is 13.2 Å². The summed E-state index contributed by atoms with van der Waals surface area (Å²) in [5, 5.41) is 2.78. The van der Waals surface area contributed by atoms with Crippen LogP contribution in [0.15, 0.2) is 53.4 Å². The number of methoxy groups -OCH3 is 1. The van der Waals surface area contributed by atoms with Gasteiger partial charge in [0.1, 0.15) is 5.75 Å². The minimum absolute atomic E-state index is 0. The van der Waals surface area contributed by atoms with E-state index in [1.165, 1.54) is 19.2 Å². The van der Waals surface area contributed by atoms with Crippen molar-refractivity contribution in [3.63, 3.8) is 0 Å². The summed E-state index contributed by atoms with van der Waals surface area (Å²) >= 11 is 0. The molecule has 0 aliphatic carbocycles. The summed E-state index contributed by atoms with van der Waals surface area (Å²) in [7, 11) is -2.03. The van der Waals surface area contributed by atoms with Crippen LogP contribution in [0.25, 0.3) is 0 Å². The van der Waals surface area contributed by atoms with Gasteiger partial charge in [0.05, 0.1) is 17.8 Å². The van der Waals surface area contributed by atoms with Crippen molar-refractivity contribution in [1.29, 1.82) is 0 Å². The van der Waals surface area contributed by atoms with E-state index in [0.29, 0.717) is 24.4 Å². The second kappa shape index (κ2) is 10.2. The molecule has 0 bridgehead atoms. The third kappa shape index (κ3) is 6.77. The molecule has 6 nitrogen and oxygen atoms in total. The predicted octanol–water partition coefficient (Wildman–Crippen LogP) is 2.47. The lowest BCUT2D eigenvalue weighted by Gasteiger charge is -2.13. The van der Waals surface area contributed by atoms with E-state index in [1.807, 2.05) is 12.1 Å². The van der Waals surface area contributed by atoms with E-state index in [0.717, 1.165) is 5.56 Å². The van der Waals surface area contributed by atoms with Gasteiger partial charge in [0.2, 0.25) is 5.91 Å². The fourth-order valence-corrected chi connectivity index (χ4v) is 4.03. The topological polar surface area (TPSA) is 98.5 Å². The van der Waals surface area contributed by atoms with Gasteiger partial charge < -0.3 is 15.8 Å². The van der Waals surface area contributed by atoms with Crippen LogP contribution in [0, 0.1) is 5.92 Å². The lowest BCUT2D eigenvalue weighted by atomic mass is 10.1. The van der Waals surface area contributed by atoms with Gasteiger partial charge in [-0.25, -0.2) is 8.42 Å². The molecule has 0 saturated heterocycles. The van der Waals surface area contributed by atoms with Crippen LogP contribution in [0.4, 0.5) is 5.69 Å². The van der Waals surface area contributed by atoms with Crippen molar-refractivity contribution in [2.24, 2.45) is 5.92 Å². The zero-order valence-corrected chi connectivity index (χ0v) is 17.0. The maximum absolute atomic E-state index is 12.4. The van der Waals surface area contributed by atoms with E-state index in [2.05, 4.69) is 5.32 Å². The van der Waals surface area contributed by atoms with Gasteiger partial charge in [0.15, 0.2) is 9.84 Å². The van der Waals surface area contributed by atoms with Crippen molar-refractivity contribution in [3.05, 3.63) is 54.1 Å². The molecule has 0 aliphatic rings. The first-order chi connectivity index (χ1) is 12.3. The molecule has 1 unspecified atom stereocenters. The third-order valence-electron chi connectivity index (χ3n) is 4.03. The van der Waals surface area contributed by atoms with Crippen molar-refractivity contribution in [3.8, 4) is 5.75 Å². The fourth-order valence-electron chi connectivity index (χ4n) is 2.47. The summed E-state index contributed by atoms with van der Waals surface area (Å²) in [5.74, 6) is -0.587. The van der Waals surface area contributed by atoms with Crippen LogP contribution in [-0.4, -0.2) is 33.7 Å². The Hall–Kier alpha value is -2.25. The number of nitrogens with one attached hydrogen (secondary N) is 1. The van der Waals surface area contributed by atoms with E-state index >= 15 is 0 Å². The molecule has 2 rings (SSSR count). The summed E-state index contributed by atoms with van der Waals surface area (Å²) in [6, 6.07) is 13.6. The average Bonchev–Trinajstić information content (AvgIpc) is 2.63. The van der Waals surface area contributed by atoms with Crippen molar-refractivity contribution in [2.45, 2.75) is 18.2 Å². The summed E-state index contributed by atoms with van der Waals surface area (Å²) in [6.45, 7) is 2.05. The summed E-state index contributed by atoms with van der Waals surface area (Å²) < 4.78 is 29.9. The molecule has 0 spiro atoms. The number of sulfone groups is 1. The predicted molar refractivity (Wildman–Crippen MR) is 109 cm³/mol. The lowest BCUT2D eigenvalue weighted by molar-refractivity contribution is -0.123. The smallest absolute Gasteiger partial charge is 0.223 e. The molecule has 2 aromatic rings. The number of ether oxygens (including phenoxy) is 1. The number of hydrogen-bond donors (Lipinski definition) is 2. The van der Waals surface area contributed by atoms with Gasteiger partial charge in [0, 0.05) is 18.2 Å². The minimum Gasteiger partial charge on any atom is -0.497 e. The second-order valence-electron chi connectivity index (χ2n) is 6.14. The number of halogens is 1. The molecule has 8 heteroatoms. The summed E-state index contributed by atoms with van der Waals surface area (Å²) in [4.78, 5) is 12.4. The Labute approximate surface area is 166 Å². The van der Waals surface area contributed by atoms with Gasteiger partial charge in [-0.1, -0.05) is 19.1 Å². The highest BCUT2D eigenvalue weighted by Gasteiger charge is 2.23. The van der Waals surface area contributed by atoms with Gasteiger partial charge in [0.25, 0.3) is 0 Å². The number of rotatable bonds is 8. The van der Waals surface area contributed by atoms with Gasteiger partial charge in [-0.3, -0.25) is 4.79 Å². The maximum atomic E-state index is 12.4. The first-order valence-corrected chi connectivity index (χ1v) is 9.96. The van der Waals surface area contributed by atoms with Crippen molar-refractivity contribution in [1.82, 2.24) is 5.32 Å². The third-order valence-corrected chi connectivity index (χ3v) is 5.96. The van der Waals surface area contributed by atoms with Gasteiger partial charge in [-0.15, -0.1) is 12.4 Å². The van der Waals surface area contributed by atoms with Crippen LogP contribution < -0.4 is 15.8 Å². The number of nitrogen functional groups attached to an aromatic ring is 1. The molecular formula is C19H25ClN2O4S. The van der Waals surface area contributed by atoms with Crippen LogP contribution in [0.5, 0.6) is 5.75 Å². The second-order valence-corrected chi connectivity index (χ2v) is 8.17. The molecule has 1 atom stereocenters. The molecule has 0 saturated carbocycles. The normalized spacial score (nSPS) is 11.9. The Bertz CT molecular complexity index is 837. The molecule has 0 aromatic heterocycles. The number of carbonyl (C=O) groups is 1. The zero-order chi connectivity index (χ0) is 19.2. The van der Waals surface area contributed by atoms with Gasteiger partial charge in [-0.2, -0.15) is 0 Å². The SMILES string of the molecule is COc1ccc(S(=O)(=O)CC(C)C(=O)NCCc2ccc(N)cc2)cc1.Cl. The first kappa shape index (κ1) is 22.8. The Morgan fingerprint density at radius 2 is 1.70 bits per heavy atom. The number of hydrogen-bond acceptors (Lipinski definition) is 5. The standard InChI is InChI=1S/C19H24N2O4S.ClH/c1-14(13-26(23,24)18-9-7-17(25-2)8-10-18)19(22)21-12-11-15-3-5-16(20)6-4-15;/h3-10,14H,11-13,20H2,1-2H3,(H,21,22);1H. The molecule has 0 fully saturated rings. The molecular weight excluding hydrogens is 388 g/mol. The monoisotopic (exact) mass is 412 g/mol. The van der Waals surface area contributed by atoms with E-state index in [1.54, 1.807) is 31.2 Å². The molecule has 1 amide bonds. The maximum Gasteiger partial charge on any atom is 0.223 e. The molecule has 148 valence electrons. The molecule has 0 radical (unpaired) electrons. The van der Waals surface area contributed by atoms with E-state index in [-0.39, 0.29) is 29.0 Å². The number of amides is 1. The van der Waals surface area contributed by atoms with Crippen LogP contribution in [0.1, 0.15) is 12.5 Å². The zero-order valence-electron chi connectivity index (χ0n) is 15.3. The number of benzene rings is 2. The quantitative estimate of drug-likeness (QED) is 0.649. The minimum atomic E-state index is -3.54. The average molecular weight is 413 g/mol. The highest BCUT2D eigenvalue weighted by atomic mass is 35.5. The Balaban J connectivity index is 0.00000364. The van der Waals surface area contributed by atoms with Crippen LogP contribution in [0.2, 0.25) is 0 Å². The first-order valence-electron chi connectivity index (χ1n) is 8.31. The van der Waals surface area contributed by atoms with Crippen LogP contribution in [-0.2, 0) is 21.1 Å². The van der Waals surface area contributed by atoms with Gasteiger partial charge in [-0.05, 0) is 48.4 Å². The van der Waals surface area contributed by atoms with Gasteiger partial charge >= 0.3 is 0 Å². The van der Waals surface area contributed by atoms with Crippen LogP contribution in [0.3, 0.4) is 0 Å². The van der Waals surface area contributed by atoms with Crippen molar-refractivity contribution < 1.29 is 17.9 Å². The molecule has 2 aromatic carbocycles. The molecule has 27 heavy (non-hydrogen) atoms. The summed E-state index contributed by atoms with van der Waals surface area (Å²) in [5.41, 5.74) is 7.38. The van der Waals surface area contributed by atoms with Crippen molar-refractivity contribution >= 4 is 33.8 Å². The molecule has 3 N–H and O–H groups in total. The van der Waals surface area contributed by atoms with E-state index in [4.69, 9.17) is 10.5 Å². The lowest BCUT2D eigenvalue weighted by Crippen LogP contribution is -2.34.